The second-order valence-electron chi connectivity index (χ2n) is 8.44. The third-order valence-corrected chi connectivity index (χ3v) is 7.14. The van der Waals surface area contributed by atoms with Crippen LogP contribution in [0.25, 0.3) is 10.4 Å². The number of benzene rings is 2. The van der Waals surface area contributed by atoms with Gasteiger partial charge in [-0.2, -0.15) is 0 Å². The number of anilines is 1. The summed E-state index contributed by atoms with van der Waals surface area (Å²) in [6.07, 6.45) is -0.336. The van der Waals surface area contributed by atoms with Crippen molar-refractivity contribution in [2.24, 2.45) is 0 Å². The maximum absolute atomic E-state index is 13.0. The maximum atomic E-state index is 13.0. The fraction of sp³-hybridized carbons (Fsp3) is 0.320. The number of hydrogen-bond acceptors (Lipinski definition) is 6. The Balaban J connectivity index is 1.38. The molecule has 1 fully saturated rings. The van der Waals surface area contributed by atoms with Crippen molar-refractivity contribution < 1.29 is 14.7 Å². The van der Waals surface area contributed by atoms with Crippen molar-refractivity contribution in [2.45, 2.75) is 45.4 Å². The van der Waals surface area contributed by atoms with E-state index >= 15 is 0 Å². The van der Waals surface area contributed by atoms with Gasteiger partial charge in [0.2, 0.25) is 11.8 Å². The standard InChI is InChI=1S/C25H28N4O3S/c1-15-19(4-3-5-21(15)26)10-23(31)29-13-20(30)11-22(29)25(32)27-12-17-6-8-18(9-7-17)24-16(2)28-14-33-24/h3-9,14,20,22,30H,10-13,26H2,1-2H3,(H,27,32)/t20-,22+/m1/s1. The fourth-order valence-electron chi connectivity index (χ4n) is 4.16. The van der Waals surface area contributed by atoms with E-state index in [0.717, 1.165) is 32.8 Å². The first-order chi connectivity index (χ1) is 15.8. The van der Waals surface area contributed by atoms with E-state index in [1.807, 2.05) is 55.8 Å². The highest BCUT2D eigenvalue weighted by Gasteiger charge is 2.38. The molecule has 2 heterocycles. The van der Waals surface area contributed by atoms with Crippen LogP contribution in [-0.4, -0.2) is 45.5 Å². The van der Waals surface area contributed by atoms with E-state index in [9.17, 15) is 14.7 Å². The number of nitrogens with two attached hydrogens (primary N) is 1. The summed E-state index contributed by atoms with van der Waals surface area (Å²) < 4.78 is 0. The number of aliphatic hydroxyl groups is 1. The maximum Gasteiger partial charge on any atom is 0.243 e. The van der Waals surface area contributed by atoms with Gasteiger partial charge in [0.05, 0.1) is 28.6 Å². The Hall–Kier alpha value is -3.23. The highest BCUT2D eigenvalue weighted by atomic mass is 32.1. The number of likely N-dealkylation sites (tertiary alicyclic amines) is 1. The van der Waals surface area contributed by atoms with E-state index in [2.05, 4.69) is 10.3 Å². The van der Waals surface area contributed by atoms with E-state index in [-0.39, 0.29) is 31.2 Å². The lowest BCUT2D eigenvalue weighted by Crippen LogP contribution is -2.46. The first-order valence-electron chi connectivity index (χ1n) is 10.9. The predicted molar refractivity (Wildman–Crippen MR) is 130 cm³/mol. The van der Waals surface area contributed by atoms with Crippen molar-refractivity contribution in [3.63, 3.8) is 0 Å². The van der Waals surface area contributed by atoms with Crippen LogP contribution < -0.4 is 11.1 Å². The summed E-state index contributed by atoms with van der Waals surface area (Å²) in [5.41, 5.74) is 13.2. The molecule has 0 aliphatic carbocycles. The number of aliphatic hydroxyl groups excluding tert-OH is 1. The Morgan fingerprint density at radius 3 is 2.67 bits per heavy atom. The molecule has 4 rings (SSSR count). The number of thiazole rings is 1. The first kappa shape index (κ1) is 22.9. The second-order valence-corrected chi connectivity index (χ2v) is 9.30. The van der Waals surface area contributed by atoms with E-state index in [4.69, 9.17) is 5.73 Å². The van der Waals surface area contributed by atoms with Gasteiger partial charge in [-0.1, -0.05) is 36.4 Å². The van der Waals surface area contributed by atoms with Gasteiger partial charge in [0, 0.05) is 25.2 Å². The average Bonchev–Trinajstić information content (AvgIpc) is 3.41. The van der Waals surface area contributed by atoms with Gasteiger partial charge in [-0.15, -0.1) is 11.3 Å². The molecule has 2 atom stereocenters. The number of rotatable bonds is 6. The lowest BCUT2D eigenvalue weighted by molar-refractivity contribution is -0.138. The Bertz CT molecular complexity index is 1160. The number of aryl methyl sites for hydroxylation is 1. The highest BCUT2D eigenvalue weighted by molar-refractivity contribution is 7.13. The van der Waals surface area contributed by atoms with Crippen LogP contribution in [0.1, 0.15) is 28.8 Å². The molecular weight excluding hydrogens is 436 g/mol. The van der Waals surface area contributed by atoms with Crippen molar-refractivity contribution in [1.29, 1.82) is 0 Å². The molecular formula is C25H28N4O3S. The minimum atomic E-state index is -0.714. The molecule has 0 saturated carbocycles. The molecule has 2 amide bonds. The average molecular weight is 465 g/mol. The van der Waals surface area contributed by atoms with E-state index in [1.54, 1.807) is 17.4 Å². The Morgan fingerprint density at radius 1 is 1.21 bits per heavy atom. The smallest absolute Gasteiger partial charge is 0.243 e. The molecule has 1 aliphatic rings. The summed E-state index contributed by atoms with van der Waals surface area (Å²) in [6, 6.07) is 12.8. The Kier molecular flexibility index (Phi) is 6.76. The van der Waals surface area contributed by atoms with Crippen LogP contribution in [0, 0.1) is 13.8 Å². The zero-order valence-corrected chi connectivity index (χ0v) is 19.6. The van der Waals surface area contributed by atoms with Crippen molar-refractivity contribution in [1.82, 2.24) is 15.2 Å². The molecule has 4 N–H and O–H groups in total. The van der Waals surface area contributed by atoms with Gasteiger partial charge >= 0.3 is 0 Å². The van der Waals surface area contributed by atoms with Crippen molar-refractivity contribution >= 4 is 28.8 Å². The van der Waals surface area contributed by atoms with Crippen LogP contribution in [0.2, 0.25) is 0 Å². The van der Waals surface area contributed by atoms with Crippen LogP contribution in [0.5, 0.6) is 0 Å². The van der Waals surface area contributed by atoms with Crippen LogP contribution in [0.3, 0.4) is 0 Å². The molecule has 0 unspecified atom stereocenters. The number of hydrogen-bond donors (Lipinski definition) is 3. The molecule has 1 aliphatic heterocycles. The molecule has 0 spiro atoms. The minimum Gasteiger partial charge on any atom is -0.399 e. The summed E-state index contributed by atoms with van der Waals surface area (Å²) >= 11 is 1.60. The summed E-state index contributed by atoms with van der Waals surface area (Å²) in [5, 5.41) is 13.1. The largest absolute Gasteiger partial charge is 0.399 e. The Morgan fingerprint density at radius 2 is 1.97 bits per heavy atom. The van der Waals surface area contributed by atoms with Crippen LogP contribution in [0.4, 0.5) is 5.69 Å². The van der Waals surface area contributed by atoms with Gasteiger partial charge < -0.3 is 21.1 Å². The van der Waals surface area contributed by atoms with Gasteiger partial charge in [0.25, 0.3) is 0 Å². The molecule has 2 aromatic carbocycles. The van der Waals surface area contributed by atoms with Crippen LogP contribution in [0.15, 0.2) is 48.0 Å². The first-order valence-corrected chi connectivity index (χ1v) is 11.8. The molecule has 8 heteroatoms. The SMILES string of the molecule is Cc1ncsc1-c1ccc(CNC(=O)[C@@H]2C[C@@H](O)CN2C(=O)Cc2cccc(N)c2C)cc1. The third kappa shape index (κ3) is 5.07. The minimum absolute atomic E-state index is 0.145. The normalized spacial score (nSPS) is 17.8. The lowest BCUT2D eigenvalue weighted by atomic mass is 10.0. The summed E-state index contributed by atoms with van der Waals surface area (Å²) in [6.45, 7) is 4.37. The molecule has 0 radical (unpaired) electrons. The van der Waals surface area contributed by atoms with Gasteiger partial charge in [-0.25, -0.2) is 4.98 Å². The van der Waals surface area contributed by atoms with Gasteiger partial charge in [0.1, 0.15) is 6.04 Å². The second kappa shape index (κ2) is 9.72. The number of nitrogens with one attached hydrogen (secondary N) is 1. The molecule has 172 valence electrons. The summed E-state index contributed by atoms with van der Waals surface area (Å²) in [5.74, 6) is -0.448. The van der Waals surface area contributed by atoms with E-state index in [1.165, 1.54) is 4.90 Å². The zero-order chi connectivity index (χ0) is 23.5. The van der Waals surface area contributed by atoms with E-state index < -0.39 is 12.1 Å². The molecule has 1 saturated heterocycles. The van der Waals surface area contributed by atoms with Gasteiger partial charge in [-0.3, -0.25) is 9.59 Å². The van der Waals surface area contributed by atoms with Crippen LogP contribution >= 0.6 is 11.3 Å². The number of nitrogens with zero attached hydrogens (tertiary/aromatic N) is 2. The predicted octanol–water partition coefficient (Wildman–Crippen LogP) is 2.83. The quantitative estimate of drug-likeness (QED) is 0.486. The number of β-amino-alcohol motifs (C(OH)–C–C–N with tert-alkyl or cyclic N) is 1. The Labute approximate surface area is 197 Å². The zero-order valence-electron chi connectivity index (χ0n) is 18.7. The summed E-state index contributed by atoms with van der Waals surface area (Å²) in [4.78, 5) is 32.8. The van der Waals surface area contributed by atoms with E-state index in [0.29, 0.717) is 12.2 Å². The van der Waals surface area contributed by atoms with Crippen molar-refractivity contribution in [3.05, 3.63) is 70.4 Å². The highest BCUT2D eigenvalue weighted by Crippen LogP contribution is 2.27. The molecule has 3 aromatic rings. The van der Waals surface area contributed by atoms with Crippen molar-refractivity contribution in [2.75, 3.05) is 12.3 Å². The van der Waals surface area contributed by atoms with Crippen molar-refractivity contribution in [3.8, 4) is 10.4 Å². The topological polar surface area (TPSA) is 109 Å². The monoisotopic (exact) mass is 464 g/mol. The lowest BCUT2D eigenvalue weighted by Gasteiger charge is -2.24. The van der Waals surface area contributed by atoms with Gasteiger partial charge in [-0.05, 0) is 42.2 Å². The molecule has 33 heavy (non-hydrogen) atoms. The molecule has 0 bridgehead atoms. The number of carbonyl (C=O) groups is 2. The number of carbonyl (C=O) groups excluding carboxylic acids is 2. The molecule has 1 aromatic heterocycles. The number of nitrogen functional groups attached to an aromatic ring is 1. The summed E-state index contributed by atoms with van der Waals surface area (Å²) in [7, 11) is 0. The van der Waals surface area contributed by atoms with Gasteiger partial charge in [0.15, 0.2) is 0 Å². The number of aromatic nitrogens is 1. The third-order valence-electron chi connectivity index (χ3n) is 6.16. The van der Waals surface area contributed by atoms with Crippen LogP contribution in [-0.2, 0) is 22.6 Å². The molecule has 7 nitrogen and oxygen atoms in total. The fourth-order valence-corrected chi connectivity index (χ4v) is 4.97. The number of amides is 2.